The van der Waals surface area contributed by atoms with Gasteiger partial charge in [0, 0.05) is 40.0 Å². The molecule has 0 spiro atoms. The van der Waals surface area contributed by atoms with Gasteiger partial charge in [-0.2, -0.15) is 0 Å². The molecule has 2 aliphatic rings. The molecule has 0 N–H and O–H groups in total. The lowest BCUT2D eigenvalue weighted by Gasteiger charge is -2.28. The third kappa shape index (κ3) is 6.33. The topological polar surface area (TPSA) is 8.17 Å². The molecular formula is C56H44N2. The molecule has 0 radical (unpaired) electrons. The Morgan fingerprint density at radius 1 is 0.638 bits per heavy atom. The van der Waals surface area contributed by atoms with Gasteiger partial charge in [-0.05, 0) is 123 Å². The summed E-state index contributed by atoms with van der Waals surface area (Å²) in [5, 5.41) is 7.62. The summed E-state index contributed by atoms with van der Waals surface area (Å²) in [5.74, 6) is 0. The fraction of sp³-hybridized carbons (Fsp3) is 0.0714. The van der Waals surface area contributed by atoms with Crippen LogP contribution < -0.4 is 4.90 Å². The SMILES string of the molecule is C=C/C=C\c1ccc(-c2ccc(N(C3=CC=CC(c4cccc5c4c4c6ccccc6ccc4n5C4=CCCC=C4)=CC3)c3ccc4ccccc4c3)cc2)cc1C. The third-order valence-electron chi connectivity index (χ3n) is 11.7. The van der Waals surface area contributed by atoms with Crippen LogP contribution in [-0.2, 0) is 0 Å². The van der Waals surface area contributed by atoms with Crippen LogP contribution in [0.25, 0.3) is 71.8 Å². The first-order valence-corrected chi connectivity index (χ1v) is 20.3. The zero-order chi connectivity index (χ0) is 39.0. The first-order valence-electron chi connectivity index (χ1n) is 20.3. The van der Waals surface area contributed by atoms with Gasteiger partial charge in [0.25, 0.3) is 0 Å². The molecule has 0 fully saturated rings. The molecule has 0 aliphatic heterocycles. The quantitative estimate of drug-likeness (QED) is 0.141. The average molecular weight is 745 g/mol. The van der Waals surface area contributed by atoms with Crippen molar-refractivity contribution in [3.05, 3.63) is 223 Å². The number of allylic oxidation sites excluding steroid dienone is 11. The number of hydrogen-bond donors (Lipinski definition) is 0. The molecule has 0 amide bonds. The highest BCUT2D eigenvalue weighted by Crippen LogP contribution is 2.42. The maximum absolute atomic E-state index is 3.83. The molecule has 10 rings (SSSR count). The molecule has 2 aliphatic carbocycles. The zero-order valence-electron chi connectivity index (χ0n) is 32.8. The van der Waals surface area contributed by atoms with E-state index in [1.807, 2.05) is 12.2 Å². The highest BCUT2D eigenvalue weighted by atomic mass is 15.1. The van der Waals surface area contributed by atoms with E-state index in [-0.39, 0.29) is 0 Å². The second kappa shape index (κ2) is 15.1. The standard InChI is InChI=1S/C56H44N2/c1-3-4-14-40-25-26-46(37-39(40)2)42-27-32-49(33-28-42)57(50-35-29-41-15-8-9-17-45(41)38-50)48-21-12-18-44(30-34-48)52-23-13-24-53-55(52)56-51-22-11-10-16-43(51)31-36-54(56)58(53)47-19-6-5-7-20-47/h3-4,6,8-33,35-38H,1,5,7,34H2,2H3/b14-4-. The highest BCUT2D eigenvalue weighted by molar-refractivity contribution is 6.24. The fourth-order valence-corrected chi connectivity index (χ4v) is 8.90. The van der Waals surface area contributed by atoms with E-state index in [2.05, 4.69) is 211 Å². The normalized spacial score (nSPS) is 14.3. The van der Waals surface area contributed by atoms with Gasteiger partial charge in [0.15, 0.2) is 0 Å². The van der Waals surface area contributed by atoms with E-state index in [4.69, 9.17) is 0 Å². The van der Waals surface area contributed by atoms with Crippen molar-refractivity contribution in [2.24, 2.45) is 0 Å². The second-order valence-electron chi connectivity index (χ2n) is 15.3. The van der Waals surface area contributed by atoms with Gasteiger partial charge in [-0.3, -0.25) is 0 Å². The number of anilines is 2. The lowest BCUT2D eigenvalue weighted by Crippen LogP contribution is -2.16. The number of hydrogen-bond acceptors (Lipinski definition) is 1. The summed E-state index contributed by atoms with van der Waals surface area (Å²) in [5.41, 5.74) is 14.6. The van der Waals surface area contributed by atoms with Gasteiger partial charge in [0.2, 0.25) is 0 Å². The van der Waals surface area contributed by atoms with Crippen LogP contribution >= 0.6 is 0 Å². The summed E-state index contributed by atoms with van der Waals surface area (Å²) >= 11 is 0. The maximum Gasteiger partial charge on any atom is 0.0547 e. The smallest absolute Gasteiger partial charge is 0.0547 e. The van der Waals surface area contributed by atoms with Crippen molar-refractivity contribution in [1.29, 1.82) is 0 Å². The van der Waals surface area contributed by atoms with Crippen LogP contribution in [0.1, 0.15) is 36.0 Å². The number of aryl methyl sites for hydroxylation is 1. The Bertz CT molecular complexity index is 3100. The van der Waals surface area contributed by atoms with E-state index in [9.17, 15) is 0 Å². The van der Waals surface area contributed by atoms with E-state index in [1.165, 1.54) is 88.1 Å². The van der Waals surface area contributed by atoms with E-state index >= 15 is 0 Å². The van der Waals surface area contributed by atoms with Crippen LogP contribution in [0.2, 0.25) is 0 Å². The third-order valence-corrected chi connectivity index (χ3v) is 11.7. The molecule has 1 heterocycles. The summed E-state index contributed by atoms with van der Waals surface area (Å²) < 4.78 is 2.47. The van der Waals surface area contributed by atoms with E-state index in [0.29, 0.717) is 0 Å². The Balaban J connectivity index is 1.07. The molecule has 8 aromatic rings. The lowest BCUT2D eigenvalue weighted by atomic mass is 9.96. The fourth-order valence-electron chi connectivity index (χ4n) is 8.90. The highest BCUT2D eigenvalue weighted by Gasteiger charge is 2.21. The second-order valence-corrected chi connectivity index (χ2v) is 15.3. The molecule has 0 saturated heterocycles. The summed E-state index contributed by atoms with van der Waals surface area (Å²) in [6, 6.07) is 51.4. The number of nitrogens with zero attached hydrogens (tertiary/aromatic N) is 2. The lowest BCUT2D eigenvalue weighted by molar-refractivity contribution is 1.02. The molecular weight excluding hydrogens is 701 g/mol. The van der Waals surface area contributed by atoms with Crippen molar-refractivity contribution in [2.75, 3.05) is 4.90 Å². The monoisotopic (exact) mass is 744 g/mol. The molecule has 7 aromatic carbocycles. The van der Waals surface area contributed by atoms with Gasteiger partial charge in [0.05, 0.1) is 11.0 Å². The molecule has 0 bridgehead atoms. The van der Waals surface area contributed by atoms with Crippen LogP contribution in [0.3, 0.4) is 0 Å². The predicted octanol–water partition coefficient (Wildman–Crippen LogP) is 15.5. The van der Waals surface area contributed by atoms with Crippen LogP contribution in [0.4, 0.5) is 11.4 Å². The van der Waals surface area contributed by atoms with E-state index < -0.39 is 0 Å². The summed E-state index contributed by atoms with van der Waals surface area (Å²) in [4.78, 5) is 2.43. The Labute approximate surface area is 340 Å². The van der Waals surface area contributed by atoms with Gasteiger partial charge in [-0.15, -0.1) is 0 Å². The summed E-state index contributed by atoms with van der Waals surface area (Å²) in [6.45, 7) is 5.99. The van der Waals surface area contributed by atoms with Crippen molar-refractivity contribution >= 4 is 72.1 Å². The number of aromatic nitrogens is 1. The molecule has 278 valence electrons. The molecule has 0 saturated carbocycles. The van der Waals surface area contributed by atoms with Crippen LogP contribution in [0.5, 0.6) is 0 Å². The van der Waals surface area contributed by atoms with E-state index in [1.54, 1.807) is 0 Å². The number of rotatable bonds is 8. The van der Waals surface area contributed by atoms with Gasteiger partial charge < -0.3 is 9.47 Å². The van der Waals surface area contributed by atoms with Gasteiger partial charge >= 0.3 is 0 Å². The molecule has 2 nitrogen and oxygen atoms in total. The molecule has 1 aromatic heterocycles. The van der Waals surface area contributed by atoms with Gasteiger partial charge in [-0.1, -0.05) is 158 Å². The minimum Gasteiger partial charge on any atom is -0.314 e. The Morgan fingerprint density at radius 3 is 2.24 bits per heavy atom. The Morgan fingerprint density at radius 2 is 1.41 bits per heavy atom. The van der Waals surface area contributed by atoms with Crippen molar-refractivity contribution in [1.82, 2.24) is 4.57 Å². The Kier molecular flexibility index (Phi) is 9.16. The first kappa shape index (κ1) is 35.3. The van der Waals surface area contributed by atoms with E-state index in [0.717, 1.165) is 30.6 Å². The zero-order valence-corrected chi connectivity index (χ0v) is 32.8. The largest absolute Gasteiger partial charge is 0.314 e. The number of fused-ring (bicyclic) bond motifs is 6. The summed E-state index contributed by atoms with van der Waals surface area (Å²) in [7, 11) is 0. The average Bonchev–Trinajstić information content (AvgIpc) is 3.44. The van der Waals surface area contributed by atoms with Crippen LogP contribution in [-0.4, -0.2) is 4.57 Å². The minimum atomic E-state index is 0.763. The van der Waals surface area contributed by atoms with Crippen LogP contribution in [0.15, 0.2) is 206 Å². The molecule has 58 heavy (non-hydrogen) atoms. The first-order chi connectivity index (χ1) is 28.6. The van der Waals surface area contributed by atoms with Gasteiger partial charge in [0.1, 0.15) is 0 Å². The molecule has 0 unspecified atom stereocenters. The Hall–Kier alpha value is -7.16. The maximum atomic E-state index is 3.83. The van der Waals surface area contributed by atoms with Crippen molar-refractivity contribution in [2.45, 2.75) is 26.2 Å². The molecule has 0 atom stereocenters. The predicted molar refractivity (Wildman–Crippen MR) is 251 cm³/mol. The van der Waals surface area contributed by atoms with Crippen molar-refractivity contribution < 1.29 is 0 Å². The molecule has 2 heteroatoms. The van der Waals surface area contributed by atoms with Crippen LogP contribution in [0, 0.1) is 6.92 Å². The minimum absolute atomic E-state index is 0.763. The van der Waals surface area contributed by atoms with Gasteiger partial charge in [-0.25, -0.2) is 0 Å². The van der Waals surface area contributed by atoms with Crippen molar-refractivity contribution in [3.8, 4) is 11.1 Å². The van der Waals surface area contributed by atoms with Crippen molar-refractivity contribution in [3.63, 3.8) is 0 Å². The summed E-state index contributed by atoms with van der Waals surface area (Å²) in [6.07, 6.45) is 25.1. The number of benzene rings is 7.